The lowest BCUT2D eigenvalue weighted by Crippen LogP contribution is -2.32. The Morgan fingerprint density at radius 2 is 1.35 bits per heavy atom. The van der Waals surface area contributed by atoms with Crippen molar-refractivity contribution in [3.05, 3.63) is 108 Å². The van der Waals surface area contributed by atoms with Crippen LogP contribution in [0.4, 0.5) is 0 Å². The number of nitrogens with zero attached hydrogens (tertiary/aromatic N) is 2. The fourth-order valence-corrected chi connectivity index (χ4v) is 3.06. The number of imidazole rings is 1. The van der Waals surface area contributed by atoms with E-state index in [1.807, 2.05) is 0 Å². The summed E-state index contributed by atoms with van der Waals surface area (Å²) in [5.74, 6) is 0. The summed E-state index contributed by atoms with van der Waals surface area (Å²) < 4.78 is 4.61. The van der Waals surface area contributed by atoms with E-state index < -0.39 is 0 Å². The molecule has 0 saturated heterocycles. The van der Waals surface area contributed by atoms with Gasteiger partial charge in [-0.1, -0.05) is 66.7 Å². The van der Waals surface area contributed by atoms with Gasteiger partial charge in [0.25, 0.3) is 5.65 Å². The molecule has 0 unspecified atom stereocenters. The van der Waals surface area contributed by atoms with E-state index in [4.69, 9.17) is 0 Å². The Balaban J connectivity index is 1.74. The van der Waals surface area contributed by atoms with Gasteiger partial charge in [-0.25, -0.2) is 4.57 Å². The Bertz CT molecular complexity index is 833. The lowest BCUT2D eigenvalue weighted by atomic mass is 10.1. The molecule has 0 aliphatic rings. The van der Waals surface area contributed by atoms with Gasteiger partial charge in [-0.3, -0.25) is 0 Å². The number of benzene rings is 2. The van der Waals surface area contributed by atoms with E-state index in [1.165, 1.54) is 22.5 Å². The molecule has 0 atom stereocenters. The molecular formula is C21H19N2+. The Kier molecular flexibility index (Phi) is 3.65. The highest BCUT2D eigenvalue weighted by Crippen LogP contribution is 2.12. The summed E-state index contributed by atoms with van der Waals surface area (Å²) in [6.45, 7) is 0.892. The molecule has 0 fully saturated rings. The second kappa shape index (κ2) is 6.09. The first-order valence-electron chi connectivity index (χ1n) is 7.96. The van der Waals surface area contributed by atoms with Gasteiger partial charge in [0.15, 0.2) is 5.69 Å². The van der Waals surface area contributed by atoms with Gasteiger partial charge in [0.1, 0.15) is 12.7 Å². The van der Waals surface area contributed by atoms with E-state index in [0.717, 1.165) is 13.0 Å². The number of rotatable bonds is 4. The van der Waals surface area contributed by atoms with E-state index in [9.17, 15) is 0 Å². The van der Waals surface area contributed by atoms with E-state index in [1.54, 1.807) is 0 Å². The van der Waals surface area contributed by atoms with Crippen molar-refractivity contribution in [3.63, 3.8) is 0 Å². The summed E-state index contributed by atoms with van der Waals surface area (Å²) in [5, 5.41) is 0. The molecule has 0 bridgehead atoms. The molecular weight excluding hydrogens is 280 g/mol. The standard InChI is InChI=1S/C21H19N2/c1-3-9-18(10-4-1)15-20-17-22(16-19-11-5-2-6-12-19)21-13-7-8-14-23(20)21/h1-14,17H,15-16H2/q+1. The van der Waals surface area contributed by atoms with E-state index in [0.29, 0.717) is 0 Å². The molecule has 2 heterocycles. The van der Waals surface area contributed by atoms with Gasteiger partial charge in [-0.2, -0.15) is 4.40 Å². The average molecular weight is 299 g/mol. The summed E-state index contributed by atoms with van der Waals surface area (Å²) >= 11 is 0. The van der Waals surface area contributed by atoms with Crippen molar-refractivity contribution in [2.75, 3.05) is 0 Å². The van der Waals surface area contributed by atoms with Gasteiger partial charge < -0.3 is 0 Å². The molecule has 2 heteroatoms. The molecule has 0 amide bonds. The molecule has 2 aromatic heterocycles. The van der Waals surface area contributed by atoms with Crippen molar-refractivity contribution in [2.45, 2.75) is 13.0 Å². The van der Waals surface area contributed by atoms with Crippen LogP contribution in [0.25, 0.3) is 5.65 Å². The lowest BCUT2D eigenvalue weighted by molar-refractivity contribution is -0.662. The summed E-state index contributed by atoms with van der Waals surface area (Å²) in [6.07, 6.45) is 5.36. The zero-order valence-electron chi connectivity index (χ0n) is 13.0. The smallest absolute Gasteiger partial charge is 0.226 e. The van der Waals surface area contributed by atoms with Gasteiger partial charge in [-0.15, -0.1) is 0 Å². The third-order valence-corrected chi connectivity index (χ3v) is 4.17. The summed E-state index contributed by atoms with van der Waals surface area (Å²) in [4.78, 5) is 0. The van der Waals surface area contributed by atoms with E-state index in [-0.39, 0.29) is 0 Å². The Morgan fingerprint density at radius 3 is 2.09 bits per heavy atom. The fourth-order valence-electron chi connectivity index (χ4n) is 3.06. The van der Waals surface area contributed by atoms with E-state index in [2.05, 4.69) is 100 Å². The molecule has 0 saturated carbocycles. The first-order valence-corrected chi connectivity index (χ1v) is 7.96. The normalized spacial score (nSPS) is 11.0. The molecule has 23 heavy (non-hydrogen) atoms. The molecule has 2 nitrogen and oxygen atoms in total. The van der Waals surface area contributed by atoms with Crippen LogP contribution in [0.5, 0.6) is 0 Å². The molecule has 4 rings (SSSR count). The number of pyridine rings is 1. The molecule has 0 spiro atoms. The number of hydrogen-bond acceptors (Lipinski definition) is 0. The van der Waals surface area contributed by atoms with Gasteiger partial charge in [0.2, 0.25) is 0 Å². The zero-order valence-corrected chi connectivity index (χ0v) is 13.0. The van der Waals surface area contributed by atoms with Crippen LogP contribution in [0.2, 0.25) is 0 Å². The van der Waals surface area contributed by atoms with Crippen LogP contribution < -0.4 is 4.57 Å². The maximum Gasteiger partial charge on any atom is 0.286 e. The van der Waals surface area contributed by atoms with Gasteiger partial charge in [0, 0.05) is 12.5 Å². The highest BCUT2D eigenvalue weighted by molar-refractivity contribution is 5.35. The fraction of sp³-hybridized carbons (Fsp3) is 0.0952. The Labute approximate surface area is 136 Å². The monoisotopic (exact) mass is 299 g/mol. The number of fused-ring (bicyclic) bond motifs is 1. The molecule has 4 aromatic rings. The molecule has 2 aromatic carbocycles. The van der Waals surface area contributed by atoms with Crippen molar-refractivity contribution in [3.8, 4) is 0 Å². The predicted molar refractivity (Wildman–Crippen MR) is 92.4 cm³/mol. The SMILES string of the molecule is c1ccc(Cc2c[n+](Cc3ccccc3)c3ccccn23)cc1. The Morgan fingerprint density at radius 1 is 0.696 bits per heavy atom. The van der Waals surface area contributed by atoms with Crippen molar-refractivity contribution in [1.29, 1.82) is 0 Å². The van der Waals surface area contributed by atoms with Gasteiger partial charge in [0.05, 0.1) is 6.20 Å². The molecule has 0 radical (unpaired) electrons. The van der Waals surface area contributed by atoms with Crippen LogP contribution in [0.3, 0.4) is 0 Å². The van der Waals surface area contributed by atoms with Crippen molar-refractivity contribution >= 4 is 5.65 Å². The third-order valence-electron chi connectivity index (χ3n) is 4.17. The van der Waals surface area contributed by atoms with Gasteiger partial charge in [-0.05, 0) is 17.2 Å². The topological polar surface area (TPSA) is 8.29 Å². The maximum atomic E-state index is 2.33. The van der Waals surface area contributed by atoms with E-state index >= 15 is 0 Å². The highest BCUT2D eigenvalue weighted by Gasteiger charge is 2.16. The minimum atomic E-state index is 0.892. The van der Waals surface area contributed by atoms with Crippen LogP contribution in [0, 0.1) is 0 Å². The minimum Gasteiger partial charge on any atom is -0.226 e. The summed E-state index contributed by atoms with van der Waals surface area (Å²) in [7, 11) is 0. The van der Waals surface area contributed by atoms with Crippen LogP contribution in [0.1, 0.15) is 16.8 Å². The second-order valence-corrected chi connectivity index (χ2v) is 5.83. The van der Waals surface area contributed by atoms with Gasteiger partial charge >= 0.3 is 0 Å². The Hall–Kier alpha value is -2.87. The second-order valence-electron chi connectivity index (χ2n) is 5.83. The van der Waals surface area contributed by atoms with Crippen LogP contribution in [-0.2, 0) is 13.0 Å². The number of aromatic nitrogens is 2. The zero-order chi connectivity index (χ0) is 15.5. The molecule has 0 aliphatic carbocycles. The van der Waals surface area contributed by atoms with Crippen molar-refractivity contribution in [2.24, 2.45) is 0 Å². The quantitative estimate of drug-likeness (QED) is 0.506. The molecule has 112 valence electrons. The maximum absolute atomic E-state index is 2.33. The molecule has 0 aliphatic heterocycles. The highest BCUT2D eigenvalue weighted by atomic mass is 15.1. The lowest BCUT2D eigenvalue weighted by Gasteiger charge is -1.97. The molecule has 0 N–H and O–H groups in total. The van der Waals surface area contributed by atoms with Crippen LogP contribution >= 0.6 is 0 Å². The van der Waals surface area contributed by atoms with Crippen LogP contribution in [-0.4, -0.2) is 4.40 Å². The largest absolute Gasteiger partial charge is 0.286 e. The average Bonchev–Trinajstić information content (AvgIpc) is 2.95. The summed E-state index contributed by atoms with van der Waals surface area (Å²) in [5.41, 5.74) is 5.19. The van der Waals surface area contributed by atoms with Crippen molar-refractivity contribution < 1.29 is 4.57 Å². The first-order chi connectivity index (χ1) is 11.4. The van der Waals surface area contributed by atoms with Crippen molar-refractivity contribution in [1.82, 2.24) is 4.40 Å². The third kappa shape index (κ3) is 2.88. The number of hydrogen-bond donors (Lipinski definition) is 0. The first kappa shape index (κ1) is 13.8. The minimum absolute atomic E-state index is 0.892. The summed E-state index contributed by atoms with van der Waals surface area (Å²) in [6, 6.07) is 27.6. The predicted octanol–water partition coefficient (Wildman–Crippen LogP) is 3.87. The van der Waals surface area contributed by atoms with Crippen LogP contribution in [0.15, 0.2) is 91.3 Å².